The molecular formula is C20H24FNO4. The third-order valence-corrected chi connectivity index (χ3v) is 3.61. The van der Waals surface area contributed by atoms with Gasteiger partial charge in [-0.15, -0.1) is 0 Å². The van der Waals surface area contributed by atoms with E-state index >= 15 is 0 Å². The van der Waals surface area contributed by atoms with Crippen LogP contribution in [0.1, 0.15) is 32.4 Å². The third-order valence-electron chi connectivity index (χ3n) is 3.61. The summed E-state index contributed by atoms with van der Waals surface area (Å²) in [6, 6.07) is 11.0. The molecule has 2 aromatic rings. The molecule has 0 saturated carbocycles. The number of rotatable bonds is 9. The Hall–Kier alpha value is -2.76. The van der Waals surface area contributed by atoms with Crippen molar-refractivity contribution in [2.45, 2.75) is 26.8 Å². The standard InChI is InChI=1S/C20H24FNO4/c1-4-24-18-10-9-15(11-19(18)25-5-2)14(3)22-20(23)13-26-17-8-6-7-16(21)12-17/h6-12,14H,4-5,13H2,1-3H3,(H,22,23)/t14-/m1/s1. The highest BCUT2D eigenvalue weighted by atomic mass is 19.1. The van der Waals surface area contributed by atoms with E-state index in [0.717, 1.165) is 5.56 Å². The number of carbonyl (C=O) groups is 1. The van der Waals surface area contributed by atoms with E-state index in [1.807, 2.05) is 39.0 Å². The molecule has 0 aromatic heterocycles. The molecule has 0 bridgehead atoms. The van der Waals surface area contributed by atoms with Crippen LogP contribution >= 0.6 is 0 Å². The average Bonchev–Trinajstić information content (AvgIpc) is 2.62. The first-order chi connectivity index (χ1) is 12.5. The first kappa shape index (κ1) is 19.6. The molecule has 0 aliphatic carbocycles. The van der Waals surface area contributed by atoms with Crippen molar-refractivity contribution in [2.75, 3.05) is 19.8 Å². The van der Waals surface area contributed by atoms with Gasteiger partial charge in [0.1, 0.15) is 11.6 Å². The van der Waals surface area contributed by atoms with Crippen molar-refractivity contribution in [2.24, 2.45) is 0 Å². The van der Waals surface area contributed by atoms with Crippen molar-refractivity contribution in [3.05, 3.63) is 53.8 Å². The molecule has 0 heterocycles. The lowest BCUT2D eigenvalue weighted by atomic mass is 10.1. The molecule has 0 saturated heterocycles. The molecule has 5 nitrogen and oxygen atoms in total. The average molecular weight is 361 g/mol. The van der Waals surface area contributed by atoms with Crippen LogP contribution in [0.15, 0.2) is 42.5 Å². The molecular weight excluding hydrogens is 337 g/mol. The molecule has 1 N–H and O–H groups in total. The number of benzene rings is 2. The summed E-state index contributed by atoms with van der Waals surface area (Å²) in [4.78, 5) is 12.1. The summed E-state index contributed by atoms with van der Waals surface area (Å²) in [5.41, 5.74) is 0.885. The zero-order valence-electron chi connectivity index (χ0n) is 15.3. The molecule has 0 aliphatic heterocycles. The van der Waals surface area contributed by atoms with Crippen molar-refractivity contribution in [3.8, 4) is 17.2 Å². The number of hydrogen-bond donors (Lipinski definition) is 1. The van der Waals surface area contributed by atoms with E-state index in [1.165, 1.54) is 18.2 Å². The lowest BCUT2D eigenvalue weighted by Gasteiger charge is -2.17. The number of nitrogens with one attached hydrogen (secondary N) is 1. The number of ether oxygens (including phenoxy) is 3. The van der Waals surface area contributed by atoms with Gasteiger partial charge in [0.15, 0.2) is 18.1 Å². The highest BCUT2D eigenvalue weighted by molar-refractivity contribution is 5.78. The molecule has 1 amide bonds. The van der Waals surface area contributed by atoms with Gasteiger partial charge in [-0.05, 0) is 50.6 Å². The van der Waals surface area contributed by atoms with Gasteiger partial charge in [-0.2, -0.15) is 0 Å². The van der Waals surface area contributed by atoms with Crippen molar-refractivity contribution >= 4 is 5.91 Å². The van der Waals surface area contributed by atoms with Crippen LogP contribution in [0.25, 0.3) is 0 Å². The molecule has 0 radical (unpaired) electrons. The molecule has 0 unspecified atom stereocenters. The van der Waals surface area contributed by atoms with Gasteiger partial charge in [0.05, 0.1) is 19.3 Å². The molecule has 26 heavy (non-hydrogen) atoms. The highest BCUT2D eigenvalue weighted by Crippen LogP contribution is 2.30. The Morgan fingerprint density at radius 1 is 1.04 bits per heavy atom. The Morgan fingerprint density at radius 3 is 2.46 bits per heavy atom. The molecule has 2 rings (SSSR count). The Kier molecular flexibility index (Phi) is 7.26. The number of hydrogen-bond acceptors (Lipinski definition) is 4. The molecule has 140 valence electrons. The quantitative estimate of drug-likeness (QED) is 0.736. The topological polar surface area (TPSA) is 56.8 Å². The maximum atomic E-state index is 13.1. The van der Waals surface area contributed by atoms with E-state index in [1.54, 1.807) is 6.07 Å². The first-order valence-electron chi connectivity index (χ1n) is 8.60. The fourth-order valence-corrected chi connectivity index (χ4v) is 2.41. The van der Waals surface area contributed by atoms with E-state index < -0.39 is 5.82 Å². The summed E-state index contributed by atoms with van der Waals surface area (Å²) in [7, 11) is 0. The minimum atomic E-state index is -0.408. The van der Waals surface area contributed by atoms with Crippen LogP contribution in [-0.2, 0) is 4.79 Å². The van der Waals surface area contributed by atoms with Gasteiger partial charge in [-0.25, -0.2) is 4.39 Å². The van der Waals surface area contributed by atoms with E-state index in [4.69, 9.17) is 14.2 Å². The second-order valence-electron chi connectivity index (χ2n) is 5.61. The highest BCUT2D eigenvalue weighted by Gasteiger charge is 2.14. The van der Waals surface area contributed by atoms with Gasteiger partial charge in [0, 0.05) is 6.07 Å². The van der Waals surface area contributed by atoms with E-state index in [9.17, 15) is 9.18 Å². The van der Waals surface area contributed by atoms with Gasteiger partial charge in [0.25, 0.3) is 5.91 Å². The smallest absolute Gasteiger partial charge is 0.258 e. The normalized spacial score (nSPS) is 11.5. The van der Waals surface area contributed by atoms with E-state index in [2.05, 4.69) is 5.32 Å². The number of amides is 1. The Bertz CT molecular complexity index is 736. The lowest BCUT2D eigenvalue weighted by Crippen LogP contribution is -2.31. The second kappa shape index (κ2) is 9.65. The zero-order chi connectivity index (χ0) is 18.9. The van der Waals surface area contributed by atoms with Crippen LogP contribution in [0.2, 0.25) is 0 Å². The van der Waals surface area contributed by atoms with E-state index in [0.29, 0.717) is 30.5 Å². The minimum absolute atomic E-state index is 0.191. The van der Waals surface area contributed by atoms with Crippen LogP contribution in [0.3, 0.4) is 0 Å². The maximum Gasteiger partial charge on any atom is 0.258 e. The lowest BCUT2D eigenvalue weighted by molar-refractivity contribution is -0.123. The van der Waals surface area contributed by atoms with E-state index in [-0.39, 0.29) is 18.6 Å². The van der Waals surface area contributed by atoms with Crippen molar-refractivity contribution in [1.82, 2.24) is 5.32 Å². The van der Waals surface area contributed by atoms with Gasteiger partial charge in [0.2, 0.25) is 0 Å². The molecule has 2 aromatic carbocycles. The van der Waals surface area contributed by atoms with Crippen molar-refractivity contribution < 1.29 is 23.4 Å². The fourth-order valence-electron chi connectivity index (χ4n) is 2.41. The van der Waals surface area contributed by atoms with Crippen LogP contribution in [0.5, 0.6) is 17.2 Å². The van der Waals surface area contributed by atoms with Crippen LogP contribution < -0.4 is 19.5 Å². The van der Waals surface area contributed by atoms with Crippen molar-refractivity contribution in [3.63, 3.8) is 0 Å². The summed E-state index contributed by atoms with van der Waals surface area (Å²) < 4.78 is 29.6. The van der Waals surface area contributed by atoms with Crippen LogP contribution in [0.4, 0.5) is 4.39 Å². The van der Waals surface area contributed by atoms with Crippen molar-refractivity contribution in [1.29, 1.82) is 0 Å². The fraction of sp³-hybridized carbons (Fsp3) is 0.350. The number of carbonyl (C=O) groups excluding carboxylic acids is 1. The van der Waals surface area contributed by atoms with Gasteiger partial charge in [-0.1, -0.05) is 12.1 Å². The van der Waals surface area contributed by atoms with Gasteiger partial charge < -0.3 is 19.5 Å². The largest absolute Gasteiger partial charge is 0.490 e. The zero-order valence-corrected chi connectivity index (χ0v) is 15.3. The SMILES string of the molecule is CCOc1ccc([C@@H](C)NC(=O)COc2cccc(F)c2)cc1OCC. The van der Waals surface area contributed by atoms with Crippen LogP contribution in [-0.4, -0.2) is 25.7 Å². The predicted octanol–water partition coefficient (Wildman–Crippen LogP) is 3.88. The van der Waals surface area contributed by atoms with Crippen LogP contribution in [0, 0.1) is 5.82 Å². The second-order valence-corrected chi connectivity index (χ2v) is 5.61. The molecule has 0 spiro atoms. The molecule has 0 fully saturated rings. The van der Waals surface area contributed by atoms with Gasteiger partial charge >= 0.3 is 0 Å². The molecule has 6 heteroatoms. The predicted molar refractivity (Wildman–Crippen MR) is 97.2 cm³/mol. The summed E-state index contributed by atoms with van der Waals surface area (Å²) in [6.45, 7) is 6.55. The summed E-state index contributed by atoms with van der Waals surface area (Å²) >= 11 is 0. The number of halogens is 1. The summed E-state index contributed by atoms with van der Waals surface area (Å²) in [5.74, 6) is 0.922. The monoisotopic (exact) mass is 361 g/mol. The Balaban J connectivity index is 1.96. The Morgan fingerprint density at radius 2 is 1.77 bits per heavy atom. The minimum Gasteiger partial charge on any atom is -0.490 e. The van der Waals surface area contributed by atoms with Gasteiger partial charge in [-0.3, -0.25) is 4.79 Å². The maximum absolute atomic E-state index is 13.1. The summed E-state index contributed by atoms with van der Waals surface area (Å²) in [6.07, 6.45) is 0. The molecule has 1 atom stereocenters. The summed E-state index contributed by atoms with van der Waals surface area (Å²) in [5, 5.41) is 2.85. The molecule has 0 aliphatic rings. The Labute approximate surface area is 153 Å². The first-order valence-corrected chi connectivity index (χ1v) is 8.60. The third kappa shape index (κ3) is 5.65.